The van der Waals surface area contributed by atoms with E-state index in [-0.39, 0.29) is 0 Å². The molecule has 1 aromatic heterocycles. The molecule has 0 bridgehead atoms. The van der Waals surface area contributed by atoms with Gasteiger partial charge < -0.3 is 10.8 Å². The molecular formula is C15H24N2O2S. The van der Waals surface area contributed by atoms with E-state index in [4.69, 9.17) is 5.73 Å². The molecule has 1 saturated carbocycles. The second kappa shape index (κ2) is 6.22. The minimum absolute atomic E-state index is 0.379. The average Bonchev–Trinajstić information content (AvgIpc) is 2.85. The predicted octanol–water partition coefficient (Wildman–Crippen LogP) is 3.55. The fraction of sp³-hybridized carbons (Fsp3) is 0.733. The lowest BCUT2D eigenvalue weighted by Crippen LogP contribution is -2.40. The van der Waals surface area contributed by atoms with Gasteiger partial charge in [-0.1, -0.05) is 26.7 Å². The van der Waals surface area contributed by atoms with E-state index in [2.05, 4.69) is 11.9 Å². The molecule has 2 rings (SSSR count). The van der Waals surface area contributed by atoms with Crippen molar-refractivity contribution < 1.29 is 9.90 Å². The lowest BCUT2D eigenvalue weighted by Gasteiger charge is -2.35. The normalized spacial score (nSPS) is 26.6. The van der Waals surface area contributed by atoms with Crippen LogP contribution in [0.15, 0.2) is 0 Å². The van der Waals surface area contributed by atoms with Crippen molar-refractivity contribution >= 4 is 17.3 Å². The minimum atomic E-state index is -0.872. The molecule has 1 aliphatic carbocycles. The summed E-state index contributed by atoms with van der Waals surface area (Å²) < 4.78 is 0. The van der Waals surface area contributed by atoms with Gasteiger partial charge in [0.25, 0.3) is 0 Å². The molecule has 1 aromatic rings. The Morgan fingerprint density at radius 2 is 2.10 bits per heavy atom. The van der Waals surface area contributed by atoms with Crippen molar-refractivity contribution in [1.29, 1.82) is 0 Å². The molecule has 20 heavy (non-hydrogen) atoms. The Balaban J connectivity index is 2.24. The molecule has 0 amide bonds. The maximum Gasteiger partial charge on any atom is 0.347 e. The molecule has 0 saturated heterocycles. The summed E-state index contributed by atoms with van der Waals surface area (Å²) in [6.45, 7) is 4.26. The molecule has 5 heteroatoms. The van der Waals surface area contributed by atoms with Gasteiger partial charge in [0.2, 0.25) is 0 Å². The smallest absolute Gasteiger partial charge is 0.347 e. The first kappa shape index (κ1) is 15.4. The highest BCUT2D eigenvalue weighted by Crippen LogP contribution is 2.40. The van der Waals surface area contributed by atoms with Crippen LogP contribution in [-0.4, -0.2) is 16.1 Å². The number of carboxylic acid groups (broad SMARTS) is 1. The Morgan fingerprint density at radius 3 is 2.60 bits per heavy atom. The van der Waals surface area contributed by atoms with Gasteiger partial charge in [-0.15, -0.1) is 11.3 Å². The summed E-state index contributed by atoms with van der Waals surface area (Å²) in [5.41, 5.74) is 6.83. The highest BCUT2D eigenvalue weighted by atomic mass is 32.1. The average molecular weight is 296 g/mol. The van der Waals surface area contributed by atoms with Crippen LogP contribution >= 0.6 is 11.3 Å². The maximum absolute atomic E-state index is 11.3. The first-order valence-corrected chi connectivity index (χ1v) is 8.34. The second-order valence-corrected chi connectivity index (χ2v) is 6.86. The van der Waals surface area contributed by atoms with Crippen molar-refractivity contribution in [3.8, 4) is 0 Å². The van der Waals surface area contributed by atoms with Crippen LogP contribution in [0.1, 0.15) is 72.7 Å². The first-order chi connectivity index (χ1) is 9.50. The van der Waals surface area contributed by atoms with Crippen molar-refractivity contribution in [3.63, 3.8) is 0 Å². The molecule has 0 spiro atoms. The number of hydrogen-bond acceptors (Lipinski definition) is 4. The molecule has 4 nitrogen and oxygen atoms in total. The highest BCUT2D eigenvalue weighted by molar-refractivity contribution is 7.13. The highest BCUT2D eigenvalue weighted by Gasteiger charge is 2.36. The minimum Gasteiger partial charge on any atom is -0.477 e. The zero-order valence-corrected chi connectivity index (χ0v) is 13.1. The molecule has 1 fully saturated rings. The van der Waals surface area contributed by atoms with E-state index < -0.39 is 11.5 Å². The van der Waals surface area contributed by atoms with Crippen LogP contribution in [0.4, 0.5) is 0 Å². The van der Waals surface area contributed by atoms with E-state index in [9.17, 15) is 9.90 Å². The number of nitrogens with zero attached hydrogens (tertiary/aromatic N) is 1. The van der Waals surface area contributed by atoms with Gasteiger partial charge in [0, 0.05) is 0 Å². The van der Waals surface area contributed by atoms with Crippen molar-refractivity contribution in [2.24, 2.45) is 11.7 Å². The van der Waals surface area contributed by atoms with Crippen LogP contribution in [0.3, 0.4) is 0 Å². The van der Waals surface area contributed by atoms with Gasteiger partial charge in [-0.05, 0) is 38.0 Å². The molecular weight excluding hydrogens is 272 g/mol. The Hall–Kier alpha value is -0.940. The summed E-state index contributed by atoms with van der Waals surface area (Å²) >= 11 is 1.29. The molecule has 1 heterocycles. The third-order valence-electron chi connectivity index (χ3n) is 4.38. The Bertz CT molecular complexity index is 476. The zero-order chi connectivity index (χ0) is 14.8. The van der Waals surface area contributed by atoms with Crippen molar-refractivity contribution in [3.05, 3.63) is 15.6 Å². The Labute approximate surface area is 124 Å². The summed E-state index contributed by atoms with van der Waals surface area (Å²) in [7, 11) is 0. The van der Waals surface area contributed by atoms with E-state index in [1.807, 2.05) is 6.92 Å². The number of rotatable bonds is 5. The number of aryl methyl sites for hydroxylation is 1. The molecule has 0 radical (unpaired) electrons. The van der Waals surface area contributed by atoms with E-state index in [0.29, 0.717) is 17.0 Å². The van der Waals surface area contributed by atoms with Gasteiger partial charge in [-0.3, -0.25) is 0 Å². The van der Waals surface area contributed by atoms with Crippen LogP contribution < -0.4 is 5.73 Å². The Kier molecular flexibility index (Phi) is 4.81. The summed E-state index contributed by atoms with van der Waals surface area (Å²) in [6, 6.07) is 0. The number of aromatic nitrogens is 1. The van der Waals surface area contributed by atoms with Crippen LogP contribution in [0.25, 0.3) is 0 Å². The van der Waals surface area contributed by atoms with E-state index in [1.165, 1.54) is 17.8 Å². The summed E-state index contributed by atoms with van der Waals surface area (Å²) in [6.07, 6.45) is 6.91. The van der Waals surface area contributed by atoms with Gasteiger partial charge in [0.1, 0.15) is 9.88 Å². The number of aromatic carboxylic acids is 1. The molecule has 0 aliphatic heterocycles. The van der Waals surface area contributed by atoms with E-state index in [0.717, 1.165) is 43.0 Å². The van der Waals surface area contributed by atoms with E-state index >= 15 is 0 Å². The molecule has 0 atom stereocenters. The van der Waals surface area contributed by atoms with Crippen LogP contribution in [-0.2, 0) is 12.0 Å². The van der Waals surface area contributed by atoms with Crippen molar-refractivity contribution in [1.82, 2.24) is 4.98 Å². The molecule has 0 unspecified atom stereocenters. The number of thiazole rings is 1. The molecule has 112 valence electrons. The predicted molar refractivity (Wildman–Crippen MR) is 81.2 cm³/mol. The fourth-order valence-electron chi connectivity index (χ4n) is 2.95. The Morgan fingerprint density at radius 1 is 1.45 bits per heavy atom. The third kappa shape index (κ3) is 3.04. The van der Waals surface area contributed by atoms with Gasteiger partial charge in [-0.2, -0.15) is 0 Å². The lowest BCUT2D eigenvalue weighted by molar-refractivity contribution is 0.0700. The first-order valence-electron chi connectivity index (χ1n) is 7.52. The largest absolute Gasteiger partial charge is 0.477 e. The maximum atomic E-state index is 11.3. The fourth-order valence-corrected chi connectivity index (χ4v) is 4.06. The topological polar surface area (TPSA) is 76.2 Å². The second-order valence-electron chi connectivity index (χ2n) is 5.86. The van der Waals surface area contributed by atoms with Gasteiger partial charge in [0.15, 0.2) is 0 Å². The van der Waals surface area contributed by atoms with Crippen molar-refractivity contribution in [2.75, 3.05) is 0 Å². The molecule has 1 aliphatic rings. The SMILES string of the molecule is CCCc1nc(C2(N)CCC(CC)CC2)sc1C(=O)O. The van der Waals surface area contributed by atoms with E-state index in [1.54, 1.807) is 0 Å². The standard InChI is InChI=1S/C15H24N2O2S/c1-3-5-11-12(13(18)19)20-14(17-11)15(16)8-6-10(4-2)7-9-15/h10H,3-9,16H2,1-2H3,(H,18,19). The quantitative estimate of drug-likeness (QED) is 0.871. The summed E-state index contributed by atoms with van der Waals surface area (Å²) in [5.74, 6) is -0.108. The monoisotopic (exact) mass is 296 g/mol. The number of carboxylic acids is 1. The third-order valence-corrected chi connectivity index (χ3v) is 5.68. The number of hydrogen-bond donors (Lipinski definition) is 2. The number of carbonyl (C=O) groups is 1. The van der Waals surface area contributed by atoms with Crippen molar-refractivity contribution in [2.45, 2.75) is 64.3 Å². The van der Waals surface area contributed by atoms with Gasteiger partial charge in [0.05, 0.1) is 11.2 Å². The molecule has 0 aromatic carbocycles. The molecule has 3 N–H and O–H groups in total. The summed E-state index contributed by atoms with van der Waals surface area (Å²) in [5, 5.41) is 10.1. The van der Waals surface area contributed by atoms with Crippen LogP contribution in [0, 0.1) is 5.92 Å². The van der Waals surface area contributed by atoms with Crippen LogP contribution in [0.5, 0.6) is 0 Å². The zero-order valence-electron chi connectivity index (χ0n) is 12.3. The lowest BCUT2D eigenvalue weighted by atomic mass is 9.76. The van der Waals surface area contributed by atoms with Gasteiger partial charge >= 0.3 is 5.97 Å². The number of nitrogens with two attached hydrogens (primary N) is 1. The summed E-state index contributed by atoms with van der Waals surface area (Å²) in [4.78, 5) is 16.3. The van der Waals surface area contributed by atoms with Gasteiger partial charge in [-0.25, -0.2) is 9.78 Å². The van der Waals surface area contributed by atoms with Crippen LogP contribution in [0.2, 0.25) is 0 Å².